The summed E-state index contributed by atoms with van der Waals surface area (Å²) >= 11 is 0. The summed E-state index contributed by atoms with van der Waals surface area (Å²) < 4.78 is 0. The number of anilines is 1. The van der Waals surface area contributed by atoms with Gasteiger partial charge in [-0.15, -0.1) is 0 Å². The highest BCUT2D eigenvalue weighted by Crippen LogP contribution is 2.51. The third kappa shape index (κ3) is 4.05. The highest BCUT2D eigenvalue weighted by Gasteiger charge is 2.66. The third-order valence-corrected chi connectivity index (χ3v) is 8.42. The summed E-state index contributed by atoms with van der Waals surface area (Å²) in [7, 11) is 0. The number of aliphatic hydroxyl groups is 1. The number of carbonyl (C=O) groups is 6. The van der Waals surface area contributed by atoms with Gasteiger partial charge in [0.15, 0.2) is 34.7 Å². The number of nitrogens with one attached hydrogen (secondary N) is 1. The molecule has 10 heteroatoms. The fourth-order valence-electron chi connectivity index (χ4n) is 6.29. The predicted octanol–water partition coefficient (Wildman–Crippen LogP) is 1.98. The van der Waals surface area contributed by atoms with Gasteiger partial charge in [0.2, 0.25) is 11.8 Å². The molecule has 0 aliphatic heterocycles. The minimum Gasteiger partial charge on any atom is -0.507 e. The molecule has 2 aromatic carbocycles. The Morgan fingerprint density at radius 3 is 2.23 bits per heavy atom. The van der Waals surface area contributed by atoms with E-state index in [2.05, 4.69) is 5.32 Å². The van der Waals surface area contributed by atoms with Gasteiger partial charge >= 0.3 is 0 Å². The summed E-state index contributed by atoms with van der Waals surface area (Å²) in [6.45, 7) is 5.40. The smallest absolute Gasteiger partial charge is 0.235 e. The van der Waals surface area contributed by atoms with Gasteiger partial charge in [-0.05, 0) is 53.6 Å². The Bertz CT molecular complexity index is 1500. The highest BCUT2D eigenvalue weighted by atomic mass is 16.3. The first-order valence-electron chi connectivity index (χ1n) is 13.1. The summed E-state index contributed by atoms with van der Waals surface area (Å²) in [5.74, 6) is -10.6. The molecule has 3 aliphatic rings. The Morgan fingerprint density at radius 1 is 0.975 bits per heavy atom. The van der Waals surface area contributed by atoms with Gasteiger partial charge in [-0.2, -0.15) is 0 Å². The maximum absolute atomic E-state index is 13.7. The van der Waals surface area contributed by atoms with Crippen molar-refractivity contribution in [2.24, 2.45) is 34.8 Å². The molecule has 2 unspecified atom stereocenters. The largest absolute Gasteiger partial charge is 0.507 e. The Hall–Kier alpha value is -4.18. The van der Waals surface area contributed by atoms with Crippen molar-refractivity contribution in [3.8, 4) is 16.9 Å². The molecule has 2 fully saturated rings. The van der Waals surface area contributed by atoms with Crippen LogP contribution in [0.3, 0.4) is 0 Å². The van der Waals surface area contributed by atoms with Crippen molar-refractivity contribution >= 4 is 40.6 Å². The van der Waals surface area contributed by atoms with E-state index in [-0.39, 0.29) is 36.5 Å². The van der Waals surface area contributed by atoms with E-state index in [1.54, 1.807) is 51.1 Å². The van der Waals surface area contributed by atoms with E-state index in [4.69, 9.17) is 5.73 Å². The van der Waals surface area contributed by atoms with E-state index in [1.165, 1.54) is 6.07 Å². The summed E-state index contributed by atoms with van der Waals surface area (Å²) in [5, 5.41) is 24.8. The third-order valence-electron chi connectivity index (χ3n) is 8.42. The van der Waals surface area contributed by atoms with E-state index >= 15 is 0 Å². The number of primary amides is 1. The monoisotopic (exact) mass is 546 g/mol. The van der Waals surface area contributed by atoms with Gasteiger partial charge in [-0.3, -0.25) is 28.8 Å². The van der Waals surface area contributed by atoms with Crippen molar-refractivity contribution < 1.29 is 39.0 Å². The molecule has 0 saturated heterocycles. The number of hydrogen-bond donors (Lipinski definition) is 4. The van der Waals surface area contributed by atoms with Crippen molar-refractivity contribution in [2.45, 2.75) is 45.6 Å². The molecule has 3 aliphatic carbocycles. The van der Waals surface area contributed by atoms with Crippen LogP contribution in [0.4, 0.5) is 5.69 Å². The quantitative estimate of drug-likeness (QED) is 0.422. The maximum atomic E-state index is 13.7. The number of aromatic hydroxyl groups is 1. The number of Topliss-reactive ketones (excluding diaryl/α,β-unsaturated/α-hetero) is 4. The number of rotatable bonds is 3. The second kappa shape index (κ2) is 9.19. The number of hydrogen-bond acceptors (Lipinski definition) is 8. The van der Waals surface area contributed by atoms with E-state index in [0.717, 1.165) is 0 Å². The molecule has 2 amide bonds. The van der Waals surface area contributed by atoms with Crippen molar-refractivity contribution in [3.05, 3.63) is 47.5 Å². The van der Waals surface area contributed by atoms with Crippen LogP contribution in [0.5, 0.6) is 5.75 Å². The highest BCUT2D eigenvalue weighted by molar-refractivity contribution is 6.31. The minimum atomic E-state index is -2.68. The summed E-state index contributed by atoms with van der Waals surface area (Å²) in [6, 6.07) is 10.0. The van der Waals surface area contributed by atoms with Gasteiger partial charge in [0.05, 0.1) is 11.5 Å². The SMILES string of the molecule is CC(C)(C)C(=O)Nc1ccc(-c2ccc(O)c3c2C[C@H]2C[C@H]4CC(=O)C(C(N)=O)C(=O)[C@@]4(O)C(=O)C2C3=O)cc1. The van der Waals surface area contributed by atoms with Crippen LogP contribution in [-0.4, -0.2) is 50.8 Å². The van der Waals surface area contributed by atoms with E-state index < -0.39 is 63.7 Å². The number of carbonyl (C=O) groups excluding carboxylic acids is 6. The molecule has 2 aromatic rings. The molecule has 2 saturated carbocycles. The van der Waals surface area contributed by atoms with E-state index in [9.17, 15) is 39.0 Å². The molecule has 0 heterocycles. The first kappa shape index (κ1) is 27.4. The molecular formula is C30H30N2O8. The molecule has 5 N–H and O–H groups in total. The van der Waals surface area contributed by atoms with Crippen molar-refractivity contribution in [3.63, 3.8) is 0 Å². The molecule has 0 spiro atoms. The summed E-state index contributed by atoms with van der Waals surface area (Å²) in [6.07, 6.45) is -0.188. The fourth-order valence-corrected chi connectivity index (χ4v) is 6.29. The molecule has 208 valence electrons. The van der Waals surface area contributed by atoms with Crippen molar-refractivity contribution in [1.29, 1.82) is 0 Å². The number of nitrogens with two attached hydrogens (primary N) is 1. The minimum absolute atomic E-state index is 0.0217. The number of ketones is 4. The topological polar surface area (TPSA) is 181 Å². The fraction of sp³-hybridized carbons (Fsp3) is 0.400. The molecule has 10 nitrogen and oxygen atoms in total. The Labute approximate surface area is 229 Å². The normalized spacial score (nSPS) is 27.9. The zero-order chi connectivity index (χ0) is 29.3. The molecule has 40 heavy (non-hydrogen) atoms. The summed E-state index contributed by atoms with van der Waals surface area (Å²) in [4.78, 5) is 77.0. The van der Waals surface area contributed by atoms with Gasteiger partial charge in [0.1, 0.15) is 5.75 Å². The van der Waals surface area contributed by atoms with Gasteiger partial charge < -0.3 is 21.3 Å². The lowest BCUT2D eigenvalue weighted by atomic mass is 9.53. The first-order valence-corrected chi connectivity index (χ1v) is 13.1. The van der Waals surface area contributed by atoms with Crippen LogP contribution in [0.1, 0.15) is 49.5 Å². The molecular weight excluding hydrogens is 516 g/mol. The lowest BCUT2D eigenvalue weighted by Crippen LogP contribution is -2.68. The van der Waals surface area contributed by atoms with Gasteiger partial charge in [0.25, 0.3) is 0 Å². The molecule has 5 atom stereocenters. The standard InChI is InChI=1S/C30H30N2O8/c1-29(2,3)28(39)32-16-6-4-13(5-7-16)17-8-9-19(33)22-18(17)11-14-10-15-12-20(34)23(27(31)38)26(37)30(15,40)25(36)21(14)24(22)35/h4-9,14-15,21,23,33,40H,10-12H2,1-3H3,(H2,31,38)(H,32,39)/t14-,15+,21?,23?,30+/m1/s1. The van der Waals surface area contributed by atoms with Gasteiger partial charge in [0, 0.05) is 23.4 Å². The lowest BCUT2D eigenvalue weighted by molar-refractivity contribution is -0.175. The lowest BCUT2D eigenvalue weighted by Gasteiger charge is -2.48. The van der Waals surface area contributed by atoms with E-state index in [1.807, 2.05) is 0 Å². The number of phenolic OH excluding ortho intramolecular Hbond substituents is 1. The van der Waals surface area contributed by atoms with Crippen LogP contribution < -0.4 is 11.1 Å². The average Bonchev–Trinajstić information content (AvgIpc) is 2.86. The summed E-state index contributed by atoms with van der Waals surface area (Å²) in [5.41, 5.74) is 4.35. The van der Waals surface area contributed by atoms with Crippen LogP contribution in [-0.2, 0) is 30.4 Å². The van der Waals surface area contributed by atoms with Crippen molar-refractivity contribution in [1.82, 2.24) is 0 Å². The van der Waals surface area contributed by atoms with Crippen LogP contribution in [0.15, 0.2) is 36.4 Å². The zero-order valence-corrected chi connectivity index (χ0v) is 22.3. The van der Waals surface area contributed by atoms with Gasteiger partial charge in [-0.25, -0.2) is 0 Å². The first-order chi connectivity index (χ1) is 18.7. The number of phenols is 1. The predicted molar refractivity (Wildman–Crippen MR) is 142 cm³/mol. The number of amides is 2. The van der Waals surface area contributed by atoms with Crippen LogP contribution in [0.25, 0.3) is 11.1 Å². The Kier molecular flexibility index (Phi) is 6.29. The molecule has 0 bridgehead atoms. The molecule has 0 aromatic heterocycles. The Balaban J connectivity index is 1.52. The number of fused-ring (bicyclic) bond motifs is 3. The van der Waals surface area contributed by atoms with Gasteiger partial charge in [-0.1, -0.05) is 39.0 Å². The van der Waals surface area contributed by atoms with Crippen LogP contribution in [0.2, 0.25) is 0 Å². The zero-order valence-electron chi connectivity index (χ0n) is 22.3. The molecule has 0 radical (unpaired) electrons. The molecule has 5 rings (SSSR count). The van der Waals surface area contributed by atoms with Crippen LogP contribution in [0, 0.1) is 29.1 Å². The Morgan fingerprint density at radius 2 is 1.62 bits per heavy atom. The average molecular weight is 547 g/mol. The van der Waals surface area contributed by atoms with E-state index in [0.29, 0.717) is 22.4 Å². The second-order valence-electron chi connectivity index (χ2n) is 12.0. The second-order valence-corrected chi connectivity index (χ2v) is 12.0. The van der Waals surface area contributed by atoms with Crippen LogP contribution >= 0.6 is 0 Å². The number of benzene rings is 2. The maximum Gasteiger partial charge on any atom is 0.235 e. The van der Waals surface area contributed by atoms with Crippen molar-refractivity contribution in [2.75, 3.05) is 5.32 Å².